The number of ether oxygens (including phenoxy) is 1. The van der Waals surface area contributed by atoms with Crippen molar-refractivity contribution >= 4 is 17.6 Å². The van der Waals surface area contributed by atoms with Crippen molar-refractivity contribution in [2.24, 2.45) is 0 Å². The summed E-state index contributed by atoms with van der Waals surface area (Å²) in [6, 6.07) is 16.8. The number of nitrogens with zero attached hydrogens (tertiary/aromatic N) is 1. The molecule has 2 aromatic carbocycles. The molecule has 0 heterocycles. The molecule has 144 valence electrons. The first kappa shape index (κ1) is 20.3. The standard InChI is InChI=1S/C21H27N3O3/c1-3-14-24(15-17-8-6-5-7-9-17)21(26)23-18-10-12-19(13-11-18)27-16-20(25)22-4-2/h5-13H,3-4,14-16H2,1-2H3,(H,22,25)(H,23,26). The molecule has 0 aliphatic carbocycles. The fourth-order valence-corrected chi connectivity index (χ4v) is 2.56. The molecule has 0 saturated carbocycles. The topological polar surface area (TPSA) is 70.7 Å². The van der Waals surface area contributed by atoms with E-state index in [-0.39, 0.29) is 18.5 Å². The van der Waals surface area contributed by atoms with Gasteiger partial charge in [-0.05, 0) is 43.2 Å². The second-order valence-corrected chi connectivity index (χ2v) is 6.10. The van der Waals surface area contributed by atoms with Gasteiger partial charge in [0.1, 0.15) is 5.75 Å². The fourth-order valence-electron chi connectivity index (χ4n) is 2.56. The Morgan fingerprint density at radius 1 is 1.00 bits per heavy atom. The minimum Gasteiger partial charge on any atom is -0.484 e. The highest BCUT2D eigenvalue weighted by Gasteiger charge is 2.13. The summed E-state index contributed by atoms with van der Waals surface area (Å²) < 4.78 is 5.41. The van der Waals surface area contributed by atoms with Crippen molar-refractivity contribution in [1.29, 1.82) is 0 Å². The van der Waals surface area contributed by atoms with Crippen LogP contribution >= 0.6 is 0 Å². The number of hydrogen-bond acceptors (Lipinski definition) is 3. The molecule has 0 unspecified atom stereocenters. The van der Waals surface area contributed by atoms with Gasteiger partial charge >= 0.3 is 6.03 Å². The van der Waals surface area contributed by atoms with E-state index < -0.39 is 0 Å². The lowest BCUT2D eigenvalue weighted by Gasteiger charge is -2.22. The van der Waals surface area contributed by atoms with Gasteiger partial charge in [0.2, 0.25) is 0 Å². The van der Waals surface area contributed by atoms with Crippen molar-refractivity contribution in [3.05, 3.63) is 60.2 Å². The lowest BCUT2D eigenvalue weighted by Crippen LogP contribution is -2.35. The highest BCUT2D eigenvalue weighted by molar-refractivity contribution is 5.89. The first-order valence-corrected chi connectivity index (χ1v) is 9.21. The highest BCUT2D eigenvalue weighted by atomic mass is 16.5. The maximum absolute atomic E-state index is 12.6. The van der Waals surface area contributed by atoms with Gasteiger partial charge in [-0.25, -0.2) is 4.79 Å². The van der Waals surface area contributed by atoms with E-state index in [9.17, 15) is 9.59 Å². The molecule has 0 bridgehead atoms. The van der Waals surface area contributed by atoms with Gasteiger partial charge in [-0.3, -0.25) is 4.79 Å². The zero-order valence-electron chi connectivity index (χ0n) is 15.9. The fraction of sp³-hybridized carbons (Fsp3) is 0.333. The number of nitrogens with one attached hydrogen (secondary N) is 2. The molecule has 3 amide bonds. The number of anilines is 1. The molecule has 0 aromatic heterocycles. The largest absolute Gasteiger partial charge is 0.484 e. The van der Waals surface area contributed by atoms with Crippen LogP contribution in [0, 0.1) is 0 Å². The number of amides is 3. The Morgan fingerprint density at radius 2 is 1.70 bits per heavy atom. The zero-order chi connectivity index (χ0) is 19.5. The lowest BCUT2D eigenvalue weighted by molar-refractivity contribution is -0.122. The van der Waals surface area contributed by atoms with Gasteiger partial charge in [0.25, 0.3) is 5.91 Å². The predicted octanol–water partition coefficient (Wildman–Crippen LogP) is 3.65. The molecule has 2 aromatic rings. The minimum atomic E-state index is -0.161. The molecule has 0 spiro atoms. The normalized spacial score (nSPS) is 10.1. The van der Waals surface area contributed by atoms with Crippen molar-refractivity contribution in [3.63, 3.8) is 0 Å². The molecule has 27 heavy (non-hydrogen) atoms. The van der Waals surface area contributed by atoms with Crippen molar-refractivity contribution in [2.45, 2.75) is 26.8 Å². The van der Waals surface area contributed by atoms with Crippen LogP contribution in [-0.2, 0) is 11.3 Å². The van der Waals surface area contributed by atoms with Crippen molar-refractivity contribution in [3.8, 4) is 5.75 Å². The van der Waals surface area contributed by atoms with Gasteiger partial charge in [-0.2, -0.15) is 0 Å². The summed E-state index contributed by atoms with van der Waals surface area (Å²) in [7, 11) is 0. The number of likely N-dealkylation sites (N-methyl/N-ethyl adjacent to an activating group) is 1. The van der Waals surface area contributed by atoms with E-state index in [1.165, 1.54) is 0 Å². The van der Waals surface area contributed by atoms with Crippen LogP contribution in [0.2, 0.25) is 0 Å². The Bertz CT molecular complexity index is 717. The van der Waals surface area contributed by atoms with Gasteiger partial charge in [0.05, 0.1) is 0 Å². The van der Waals surface area contributed by atoms with Crippen LogP contribution in [0.4, 0.5) is 10.5 Å². The van der Waals surface area contributed by atoms with E-state index in [2.05, 4.69) is 10.6 Å². The highest BCUT2D eigenvalue weighted by Crippen LogP contribution is 2.16. The summed E-state index contributed by atoms with van der Waals surface area (Å²) in [5.41, 5.74) is 1.77. The van der Waals surface area contributed by atoms with Crippen LogP contribution in [0.15, 0.2) is 54.6 Å². The monoisotopic (exact) mass is 369 g/mol. The Hall–Kier alpha value is -3.02. The molecule has 0 radical (unpaired) electrons. The van der Waals surface area contributed by atoms with Gasteiger partial charge in [0, 0.05) is 25.3 Å². The Kier molecular flexibility index (Phi) is 8.16. The smallest absolute Gasteiger partial charge is 0.322 e. The summed E-state index contributed by atoms with van der Waals surface area (Å²) in [4.78, 5) is 25.8. The van der Waals surface area contributed by atoms with E-state index in [0.717, 1.165) is 12.0 Å². The minimum absolute atomic E-state index is 0.0269. The molecule has 0 aliphatic rings. The second-order valence-electron chi connectivity index (χ2n) is 6.10. The van der Waals surface area contributed by atoms with Crippen LogP contribution in [0.1, 0.15) is 25.8 Å². The number of hydrogen-bond donors (Lipinski definition) is 2. The van der Waals surface area contributed by atoms with E-state index in [1.807, 2.05) is 44.2 Å². The molecule has 0 atom stereocenters. The summed E-state index contributed by atoms with van der Waals surface area (Å²) in [6.07, 6.45) is 0.882. The molecule has 0 saturated heterocycles. The third-order valence-electron chi connectivity index (χ3n) is 3.85. The summed E-state index contributed by atoms with van der Waals surface area (Å²) in [5.74, 6) is 0.417. The van der Waals surface area contributed by atoms with Crippen molar-refractivity contribution < 1.29 is 14.3 Å². The number of rotatable bonds is 9. The van der Waals surface area contributed by atoms with E-state index in [4.69, 9.17) is 4.74 Å². The Labute approximate surface area is 160 Å². The number of carbonyl (C=O) groups excluding carboxylic acids is 2. The number of carbonyl (C=O) groups is 2. The van der Waals surface area contributed by atoms with Crippen molar-refractivity contribution in [1.82, 2.24) is 10.2 Å². The van der Waals surface area contributed by atoms with Crippen LogP contribution in [0.25, 0.3) is 0 Å². The van der Waals surface area contributed by atoms with E-state index >= 15 is 0 Å². The third kappa shape index (κ3) is 7.01. The molecule has 6 heteroatoms. The van der Waals surface area contributed by atoms with Crippen molar-refractivity contribution in [2.75, 3.05) is 25.0 Å². The molecule has 6 nitrogen and oxygen atoms in total. The molecular formula is C21H27N3O3. The van der Waals surface area contributed by atoms with Gasteiger partial charge < -0.3 is 20.3 Å². The summed E-state index contributed by atoms with van der Waals surface area (Å²) >= 11 is 0. The predicted molar refractivity (Wildman–Crippen MR) is 107 cm³/mol. The Balaban J connectivity index is 1.91. The quantitative estimate of drug-likeness (QED) is 0.709. The second kappa shape index (κ2) is 10.9. The number of urea groups is 1. The van der Waals surface area contributed by atoms with E-state index in [1.54, 1.807) is 29.2 Å². The van der Waals surface area contributed by atoms with E-state index in [0.29, 0.717) is 31.1 Å². The van der Waals surface area contributed by atoms with Gasteiger partial charge in [-0.1, -0.05) is 37.3 Å². The summed E-state index contributed by atoms with van der Waals surface area (Å²) in [6.45, 7) is 5.69. The SMILES string of the molecule is CCCN(Cc1ccccc1)C(=O)Nc1ccc(OCC(=O)NCC)cc1. The average Bonchev–Trinajstić information content (AvgIpc) is 2.68. The average molecular weight is 369 g/mol. The molecular weight excluding hydrogens is 342 g/mol. The number of benzene rings is 2. The maximum Gasteiger partial charge on any atom is 0.322 e. The first-order chi connectivity index (χ1) is 13.1. The van der Waals surface area contributed by atoms with Gasteiger partial charge in [-0.15, -0.1) is 0 Å². The maximum atomic E-state index is 12.6. The summed E-state index contributed by atoms with van der Waals surface area (Å²) in [5, 5.41) is 5.58. The van der Waals surface area contributed by atoms with Crippen LogP contribution in [-0.4, -0.2) is 36.5 Å². The van der Waals surface area contributed by atoms with Crippen LogP contribution < -0.4 is 15.4 Å². The lowest BCUT2D eigenvalue weighted by atomic mass is 10.2. The molecule has 0 aliphatic heterocycles. The first-order valence-electron chi connectivity index (χ1n) is 9.21. The molecule has 2 N–H and O–H groups in total. The molecule has 0 fully saturated rings. The third-order valence-corrected chi connectivity index (χ3v) is 3.85. The zero-order valence-corrected chi connectivity index (χ0v) is 15.9. The Morgan fingerprint density at radius 3 is 2.33 bits per heavy atom. The molecule has 2 rings (SSSR count). The van der Waals surface area contributed by atoms with Crippen LogP contribution in [0.3, 0.4) is 0 Å². The van der Waals surface area contributed by atoms with Gasteiger partial charge in [0.15, 0.2) is 6.61 Å². The van der Waals surface area contributed by atoms with Crippen LogP contribution in [0.5, 0.6) is 5.75 Å².